The van der Waals surface area contributed by atoms with E-state index in [4.69, 9.17) is 9.47 Å². The second kappa shape index (κ2) is 9.89. The monoisotopic (exact) mass is 389 g/mol. The van der Waals surface area contributed by atoms with Crippen LogP contribution in [0.3, 0.4) is 0 Å². The molecule has 2 atom stereocenters. The highest BCUT2D eigenvalue weighted by Gasteiger charge is 2.19. The van der Waals surface area contributed by atoms with Gasteiger partial charge in [-0.15, -0.1) is 0 Å². The van der Waals surface area contributed by atoms with Crippen molar-refractivity contribution in [2.45, 2.75) is 25.9 Å². The van der Waals surface area contributed by atoms with Gasteiger partial charge in [0.15, 0.2) is 0 Å². The van der Waals surface area contributed by atoms with Crippen LogP contribution in [0.2, 0.25) is 0 Å². The molecule has 1 unspecified atom stereocenters. The number of hydrogen-bond donors (Lipinski definition) is 1. The zero-order valence-corrected chi connectivity index (χ0v) is 17.1. The van der Waals surface area contributed by atoms with Crippen LogP contribution in [-0.4, -0.2) is 19.7 Å². The Hall–Kier alpha value is -3.11. The van der Waals surface area contributed by atoms with Crippen LogP contribution in [0.25, 0.3) is 0 Å². The van der Waals surface area contributed by atoms with Crippen molar-refractivity contribution in [3.63, 3.8) is 0 Å². The van der Waals surface area contributed by atoms with Gasteiger partial charge in [0.1, 0.15) is 5.75 Å². The van der Waals surface area contributed by atoms with Crippen molar-refractivity contribution in [3.8, 4) is 5.75 Å². The van der Waals surface area contributed by atoms with Gasteiger partial charge in [-0.25, -0.2) is 4.79 Å². The Labute approximate surface area is 172 Å². The van der Waals surface area contributed by atoms with Crippen molar-refractivity contribution < 1.29 is 14.3 Å². The maximum absolute atomic E-state index is 12.2. The summed E-state index contributed by atoms with van der Waals surface area (Å²) in [5.41, 5.74) is 3.85. The van der Waals surface area contributed by atoms with E-state index in [1.54, 1.807) is 13.2 Å². The molecule has 0 bridgehead atoms. The number of methoxy groups -OCH3 is 1. The number of carbonyl (C=O) groups is 1. The molecule has 0 fully saturated rings. The molecule has 0 saturated carbocycles. The molecule has 150 valence electrons. The van der Waals surface area contributed by atoms with E-state index in [9.17, 15) is 4.79 Å². The molecule has 0 amide bonds. The Morgan fingerprint density at radius 1 is 0.897 bits per heavy atom. The smallest absolute Gasteiger partial charge is 0.338 e. The SMILES string of the molecule is CCOC(=O)c1cccc(C(N[C@H](C)c2ccccc2)c2ccc(OC)cc2)c1. The molecule has 3 aromatic rings. The molecule has 0 radical (unpaired) electrons. The Kier molecular flexibility index (Phi) is 7.04. The molecule has 3 aromatic carbocycles. The number of esters is 1. The fourth-order valence-corrected chi connectivity index (χ4v) is 3.33. The summed E-state index contributed by atoms with van der Waals surface area (Å²) in [6, 6.07) is 25.9. The predicted octanol–water partition coefficient (Wildman–Crippen LogP) is 5.31. The van der Waals surface area contributed by atoms with Gasteiger partial charge >= 0.3 is 5.97 Å². The van der Waals surface area contributed by atoms with Crippen LogP contribution in [0.5, 0.6) is 5.75 Å². The molecule has 0 aliphatic heterocycles. The highest BCUT2D eigenvalue weighted by Crippen LogP contribution is 2.28. The number of ether oxygens (including phenoxy) is 2. The van der Waals surface area contributed by atoms with Crippen LogP contribution in [0, 0.1) is 0 Å². The lowest BCUT2D eigenvalue weighted by Gasteiger charge is -2.25. The number of carbonyl (C=O) groups excluding carboxylic acids is 1. The zero-order valence-electron chi connectivity index (χ0n) is 17.1. The summed E-state index contributed by atoms with van der Waals surface area (Å²) in [5.74, 6) is 0.503. The van der Waals surface area contributed by atoms with Crippen LogP contribution in [0.15, 0.2) is 78.9 Å². The first kappa shape index (κ1) is 20.6. The first-order valence-electron chi connectivity index (χ1n) is 9.84. The van der Waals surface area contributed by atoms with E-state index in [-0.39, 0.29) is 18.1 Å². The fourth-order valence-electron chi connectivity index (χ4n) is 3.33. The summed E-state index contributed by atoms with van der Waals surface area (Å²) >= 11 is 0. The molecule has 0 saturated heterocycles. The largest absolute Gasteiger partial charge is 0.497 e. The van der Waals surface area contributed by atoms with E-state index in [0.29, 0.717) is 12.2 Å². The number of hydrogen-bond acceptors (Lipinski definition) is 4. The molecule has 0 heterocycles. The second-order valence-corrected chi connectivity index (χ2v) is 6.85. The molecule has 0 spiro atoms. The summed E-state index contributed by atoms with van der Waals surface area (Å²) in [5, 5.41) is 3.71. The quantitative estimate of drug-likeness (QED) is 0.530. The molecule has 0 aliphatic carbocycles. The molecule has 0 aliphatic rings. The third-order valence-corrected chi connectivity index (χ3v) is 4.90. The van der Waals surface area contributed by atoms with Crippen LogP contribution in [-0.2, 0) is 4.74 Å². The highest BCUT2D eigenvalue weighted by atomic mass is 16.5. The van der Waals surface area contributed by atoms with Gasteiger partial charge in [-0.1, -0.05) is 54.6 Å². The van der Waals surface area contributed by atoms with Crippen molar-refractivity contribution in [3.05, 3.63) is 101 Å². The number of rotatable bonds is 8. The average Bonchev–Trinajstić information content (AvgIpc) is 2.78. The highest BCUT2D eigenvalue weighted by molar-refractivity contribution is 5.89. The lowest BCUT2D eigenvalue weighted by molar-refractivity contribution is 0.0526. The number of nitrogens with one attached hydrogen (secondary N) is 1. The average molecular weight is 389 g/mol. The lowest BCUT2D eigenvalue weighted by Crippen LogP contribution is -2.26. The van der Waals surface area contributed by atoms with E-state index in [1.165, 1.54) is 5.56 Å². The van der Waals surface area contributed by atoms with Gasteiger partial charge < -0.3 is 9.47 Å². The second-order valence-electron chi connectivity index (χ2n) is 6.85. The Morgan fingerprint density at radius 2 is 1.59 bits per heavy atom. The molecule has 1 N–H and O–H groups in total. The summed E-state index contributed by atoms with van der Waals surface area (Å²) in [4.78, 5) is 12.2. The Morgan fingerprint density at radius 3 is 2.24 bits per heavy atom. The summed E-state index contributed by atoms with van der Waals surface area (Å²) in [7, 11) is 1.66. The van der Waals surface area contributed by atoms with Gasteiger partial charge in [-0.2, -0.15) is 0 Å². The van der Waals surface area contributed by atoms with E-state index >= 15 is 0 Å². The van der Waals surface area contributed by atoms with Crippen LogP contribution < -0.4 is 10.1 Å². The van der Waals surface area contributed by atoms with Crippen molar-refractivity contribution >= 4 is 5.97 Å². The first-order valence-corrected chi connectivity index (χ1v) is 9.84. The van der Waals surface area contributed by atoms with Crippen molar-refractivity contribution in [1.82, 2.24) is 5.32 Å². The van der Waals surface area contributed by atoms with Gasteiger partial charge in [-0.05, 0) is 54.8 Å². The van der Waals surface area contributed by atoms with E-state index < -0.39 is 0 Å². The molecular weight excluding hydrogens is 362 g/mol. The van der Waals surface area contributed by atoms with E-state index in [2.05, 4.69) is 24.4 Å². The first-order chi connectivity index (χ1) is 14.1. The molecule has 4 heteroatoms. The minimum absolute atomic E-state index is 0.0921. The van der Waals surface area contributed by atoms with Gasteiger partial charge in [0, 0.05) is 6.04 Å². The predicted molar refractivity (Wildman–Crippen MR) is 115 cm³/mol. The zero-order chi connectivity index (χ0) is 20.6. The van der Waals surface area contributed by atoms with E-state index in [1.807, 2.05) is 67.6 Å². The minimum Gasteiger partial charge on any atom is -0.497 e. The topological polar surface area (TPSA) is 47.6 Å². The van der Waals surface area contributed by atoms with Crippen LogP contribution in [0.1, 0.15) is 53.0 Å². The molecule has 3 rings (SSSR count). The van der Waals surface area contributed by atoms with Gasteiger partial charge in [0.05, 0.1) is 25.3 Å². The van der Waals surface area contributed by atoms with E-state index in [0.717, 1.165) is 16.9 Å². The Bertz CT molecular complexity index is 922. The normalized spacial score (nSPS) is 12.8. The molecule has 29 heavy (non-hydrogen) atoms. The van der Waals surface area contributed by atoms with Gasteiger partial charge in [-0.3, -0.25) is 5.32 Å². The summed E-state index contributed by atoms with van der Waals surface area (Å²) in [6.45, 7) is 4.31. The minimum atomic E-state index is -0.307. The third kappa shape index (κ3) is 5.24. The van der Waals surface area contributed by atoms with Crippen molar-refractivity contribution in [2.24, 2.45) is 0 Å². The lowest BCUT2D eigenvalue weighted by atomic mass is 9.95. The standard InChI is InChI=1S/C25H27NO3/c1-4-29-25(27)22-12-8-11-21(17-22)24(20-13-15-23(28-3)16-14-20)26-18(2)19-9-6-5-7-10-19/h5-18,24,26H,4H2,1-3H3/t18-,24?/m1/s1. The maximum atomic E-state index is 12.2. The van der Waals surface area contributed by atoms with Crippen molar-refractivity contribution in [1.29, 1.82) is 0 Å². The summed E-state index contributed by atoms with van der Waals surface area (Å²) < 4.78 is 10.5. The van der Waals surface area contributed by atoms with Gasteiger partial charge in [0.25, 0.3) is 0 Å². The Balaban J connectivity index is 1.96. The third-order valence-electron chi connectivity index (χ3n) is 4.90. The number of benzene rings is 3. The van der Waals surface area contributed by atoms with Crippen LogP contribution in [0.4, 0.5) is 0 Å². The van der Waals surface area contributed by atoms with Crippen molar-refractivity contribution in [2.75, 3.05) is 13.7 Å². The van der Waals surface area contributed by atoms with Gasteiger partial charge in [0.2, 0.25) is 0 Å². The van der Waals surface area contributed by atoms with Crippen LogP contribution >= 0.6 is 0 Å². The molecular formula is C25H27NO3. The molecule has 0 aromatic heterocycles. The fraction of sp³-hybridized carbons (Fsp3) is 0.240. The maximum Gasteiger partial charge on any atom is 0.338 e. The molecule has 4 nitrogen and oxygen atoms in total. The summed E-state index contributed by atoms with van der Waals surface area (Å²) in [6.07, 6.45) is 0.